The van der Waals surface area contributed by atoms with Crippen LogP contribution < -0.4 is 0 Å². The first-order chi connectivity index (χ1) is 5.70. The molecule has 0 aliphatic carbocycles. The highest BCUT2D eigenvalue weighted by atomic mass is 15.2. The molecule has 0 fully saturated rings. The highest BCUT2D eigenvalue weighted by molar-refractivity contribution is 5.30. The summed E-state index contributed by atoms with van der Waals surface area (Å²) in [6.07, 6.45) is 6.06. The van der Waals surface area contributed by atoms with E-state index in [0.717, 1.165) is 12.8 Å². The van der Waals surface area contributed by atoms with E-state index in [1.165, 1.54) is 11.3 Å². The van der Waals surface area contributed by atoms with Gasteiger partial charge in [-0.15, -0.1) is 6.58 Å². The van der Waals surface area contributed by atoms with Crippen molar-refractivity contribution >= 4 is 0 Å². The summed E-state index contributed by atoms with van der Waals surface area (Å²) in [4.78, 5) is 2.28. The fourth-order valence-corrected chi connectivity index (χ4v) is 1.74. The quantitative estimate of drug-likeness (QED) is 0.578. The van der Waals surface area contributed by atoms with Crippen molar-refractivity contribution in [3.05, 3.63) is 36.6 Å². The van der Waals surface area contributed by atoms with Gasteiger partial charge in [0.2, 0.25) is 0 Å². The summed E-state index contributed by atoms with van der Waals surface area (Å²) in [7, 11) is 2.12. The van der Waals surface area contributed by atoms with Crippen LogP contribution in [0.1, 0.15) is 19.8 Å². The molecule has 0 N–H and O–H groups in total. The minimum atomic E-state index is 0.618. The summed E-state index contributed by atoms with van der Waals surface area (Å²) in [5.41, 5.74) is 2.76. The summed E-state index contributed by atoms with van der Waals surface area (Å²) in [6, 6.07) is 0.618. The second-order valence-corrected chi connectivity index (χ2v) is 3.35. The normalized spacial score (nSPS) is 23.2. The standard InChI is InChI=1S/C11H17N/c1-5-7-10-8-9(3)12(4)11(10)6-2/h5-6,9H,1-2,7-8H2,3-4H3. The van der Waals surface area contributed by atoms with Gasteiger partial charge in [-0.1, -0.05) is 12.7 Å². The Morgan fingerprint density at radius 1 is 1.58 bits per heavy atom. The van der Waals surface area contributed by atoms with E-state index < -0.39 is 0 Å². The lowest BCUT2D eigenvalue weighted by Gasteiger charge is -2.19. The van der Waals surface area contributed by atoms with Crippen molar-refractivity contribution in [2.24, 2.45) is 0 Å². The molecular weight excluding hydrogens is 146 g/mol. The first-order valence-electron chi connectivity index (χ1n) is 4.39. The molecule has 0 saturated heterocycles. The maximum absolute atomic E-state index is 3.83. The molecule has 1 aliphatic heterocycles. The minimum Gasteiger partial charge on any atom is -0.372 e. The second kappa shape index (κ2) is 3.61. The van der Waals surface area contributed by atoms with Crippen LogP contribution in [-0.4, -0.2) is 18.0 Å². The van der Waals surface area contributed by atoms with Crippen molar-refractivity contribution in [3.63, 3.8) is 0 Å². The zero-order valence-corrected chi connectivity index (χ0v) is 8.01. The van der Waals surface area contributed by atoms with Gasteiger partial charge in [0.25, 0.3) is 0 Å². The molecule has 1 aliphatic rings. The first-order valence-corrected chi connectivity index (χ1v) is 4.39. The Morgan fingerprint density at radius 3 is 2.75 bits per heavy atom. The number of rotatable bonds is 3. The Hall–Kier alpha value is -0.980. The van der Waals surface area contributed by atoms with Crippen LogP contribution in [0.25, 0.3) is 0 Å². The van der Waals surface area contributed by atoms with E-state index in [-0.39, 0.29) is 0 Å². The van der Waals surface area contributed by atoms with E-state index >= 15 is 0 Å². The Balaban J connectivity index is 2.85. The molecule has 1 rings (SSSR count). The minimum absolute atomic E-state index is 0.618. The van der Waals surface area contributed by atoms with Crippen LogP contribution in [-0.2, 0) is 0 Å². The van der Waals surface area contributed by atoms with Crippen LogP contribution in [0.4, 0.5) is 0 Å². The van der Waals surface area contributed by atoms with Crippen LogP contribution in [0.15, 0.2) is 36.6 Å². The predicted octanol–water partition coefficient (Wildman–Crippen LogP) is 2.73. The van der Waals surface area contributed by atoms with Gasteiger partial charge in [0.15, 0.2) is 0 Å². The maximum Gasteiger partial charge on any atom is 0.0356 e. The molecular formula is C11H17N. The fraction of sp³-hybridized carbons (Fsp3) is 0.455. The molecule has 66 valence electrons. The van der Waals surface area contributed by atoms with Crippen molar-refractivity contribution in [2.75, 3.05) is 7.05 Å². The molecule has 0 aromatic rings. The summed E-state index contributed by atoms with van der Waals surface area (Å²) in [5, 5.41) is 0. The summed E-state index contributed by atoms with van der Waals surface area (Å²) >= 11 is 0. The number of likely N-dealkylation sites (N-methyl/N-ethyl adjacent to an activating group) is 1. The molecule has 0 aromatic heterocycles. The number of nitrogens with zero attached hydrogens (tertiary/aromatic N) is 1. The van der Waals surface area contributed by atoms with Crippen molar-refractivity contribution < 1.29 is 0 Å². The lowest BCUT2D eigenvalue weighted by atomic mass is 10.1. The average molecular weight is 163 g/mol. The Morgan fingerprint density at radius 2 is 2.25 bits per heavy atom. The molecule has 1 unspecified atom stereocenters. The van der Waals surface area contributed by atoms with Gasteiger partial charge in [0.05, 0.1) is 0 Å². The van der Waals surface area contributed by atoms with Gasteiger partial charge in [-0.2, -0.15) is 0 Å². The van der Waals surface area contributed by atoms with Crippen LogP contribution in [0.2, 0.25) is 0 Å². The molecule has 0 radical (unpaired) electrons. The van der Waals surface area contributed by atoms with E-state index in [0.29, 0.717) is 6.04 Å². The Labute approximate surface area is 75.1 Å². The zero-order chi connectivity index (χ0) is 9.14. The zero-order valence-electron chi connectivity index (χ0n) is 8.01. The van der Waals surface area contributed by atoms with E-state index in [4.69, 9.17) is 0 Å². The average Bonchev–Trinajstić information content (AvgIpc) is 2.29. The molecule has 0 bridgehead atoms. The first kappa shape index (κ1) is 9.11. The van der Waals surface area contributed by atoms with Crippen LogP contribution in [0, 0.1) is 0 Å². The van der Waals surface area contributed by atoms with Gasteiger partial charge >= 0.3 is 0 Å². The highest BCUT2D eigenvalue weighted by Crippen LogP contribution is 2.29. The molecule has 12 heavy (non-hydrogen) atoms. The molecule has 0 spiro atoms. The fourth-order valence-electron chi connectivity index (χ4n) is 1.74. The summed E-state index contributed by atoms with van der Waals surface area (Å²) in [5.74, 6) is 0. The van der Waals surface area contributed by atoms with Crippen molar-refractivity contribution in [1.82, 2.24) is 4.90 Å². The third-order valence-corrected chi connectivity index (χ3v) is 2.53. The van der Waals surface area contributed by atoms with Crippen molar-refractivity contribution in [3.8, 4) is 0 Å². The van der Waals surface area contributed by atoms with Crippen molar-refractivity contribution in [1.29, 1.82) is 0 Å². The van der Waals surface area contributed by atoms with Gasteiger partial charge < -0.3 is 4.90 Å². The summed E-state index contributed by atoms with van der Waals surface area (Å²) < 4.78 is 0. The van der Waals surface area contributed by atoms with Gasteiger partial charge in [-0.05, 0) is 31.4 Å². The van der Waals surface area contributed by atoms with E-state index in [2.05, 4.69) is 32.0 Å². The molecule has 1 nitrogen and oxygen atoms in total. The smallest absolute Gasteiger partial charge is 0.0356 e. The third-order valence-electron chi connectivity index (χ3n) is 2.53. The lowest BCUT2D eigenvalue weighted by molar-refractivity contribution is 0.365. The largest absolute Gasteiger partial charge is 0.372 e. The molecule has 1 heteroatoms. The topological polar surface area (TPSA) is 3.24 Å². The second-order valence-electron chi connectivity index (χ2n) is 3.35. The number of allylic oxidation sites excluding steroid dienone is 2. The lowest BCUT2D eigenvalue weighted by Crippen LogP contribution is -2.21. The van der Waals surface area contributed by atoms with Gasteiger partial charge in [-0.3, -0.25) is 0 Å². The van der Waals surface area contributed by atoms with Crippen molar-refractivity contribution in [2.45, 2.75) is 25.8 Å². The highest BCUT2D eigenvalue weighted by Gasteiger charge is 2.22. The van der Waals surface area contributed by atoms with E-state index in [1.807, 2.05) is 12.2 Å². The number of hydrogen-bond acceptors (Lipinski definition) is 1. The summed E-state index contributed by atoms with van der Waals surface area (Å²) in [6.45, 7) is 9.82. The van der Waals surface area contributed by atoms with Crippen LogP contribution >= 0.6 is 0 Å². The molecule has 0 amide bonds. The Kier molecular flexibility index (Phi) is 2.74. The van der Waals surface area contributed by atoms with Crippen LogP contribution in [0.5, 0.6) is 0 Å². The van der Waals surface area contributed by atoms with E-state index in [1.54, 1.807) is 0 Å². The van der Waals surface area contributed by atoms with E-state index in [9.17, 15) is 0 Å². The maximum atomic E-state index is 3.83. The third kappa shape index (κ3) is 1.45. The molecule has 1 atom stereocenters. The monoisotopic (exact) mass is 163 g/mol. The SMILES string of the molecule is C=CCC1=C(C=C)N(C)C(C)C1. The Bertz CT molecular complexity index is 225. The predicted molar refractivity (Wildman–Crippen MR) is 53.9 cm³/mol. The molecule has 0 aromatic carbocycles. The van der Waals surface area contributed by atoms with Gasteiger partial charge in [0.1, 0.15) is 0 Å². The van der Waals surface area contributed by atoms with Gasteiger partial charge in [-0.25, -0.2) is 0 Å². The van der Waals surface area contributed by atoms with Gasteiger partial charge in [0, 0.05) is 18.8 Å². The molecule has 1 heterocycles. The molecule has 0 saturated carbocycles. The van der Waals surface area contributed by atoms with Crippen LogP contribution in [0.3, 0.4) is 0 Å². The number of hydrogen-bond donors (Lipinski definition) is 0.